The van der Waals surface area contributed by atoms with Crippen LogP contribution in [0.5, 0.6) is 0 Å². The maximum Gasteiger partial charge on any atom is 0.225 e. The van der Waals surface area contributed by atoms with Crippen LogP contribution < -0.4 is 5.73 Å². The number of benzene rings is 1. The fourth-order valence-electron chi connectivity index (χ4n) is 2.47. The number of nitrogens with two attached hydrogens (primary N) is 1. The van der Waals surface area contributed by atoms with Crippen LogP contribution >= 0.6 is 0 Å². The highest BCUT2D eigenvalue weighted by Crippen LogP contribution is 2.24. The van der Waals surface area contributed by atoms with E-state index in [1.54, 1.807) is 0 Å². The van der Waals surface area contributed by atoms with Gasteiger partial charge in [0, 0.05) is 18.7 Å². The second-order valence-electron chi connectivity index (χ2n) is 5.54. The lowest BCUT2D eigenvalue weighted by molar-refractivity contribution is -0.136. The third kappa shape index (κ3) is 4.26. The van der Waals surface area contributed by atoms with E-state index in [0.29, 0.717) is 0 Å². The predicted octanol–water partition coefficient (Wildman–Crippen LogP) is 4.00. The van der Waals surface area contributed by atoms with Gasteiger partial charge in [-0.05, 0) is 37.5 Å². The molecule has 1 amide bonds. The maximum atomic E-state index is 12.6. The van der Waals surface area contributed by atoms with E-state index in [9.17, 15) is 4.79 Å². The van der Waals surface area contributed by atoms with Crippen LogP contribution in [0.3, 0.4) is 0 Å². The molecule has 1 aromatic carbocycles. The van der Waals surface area contributed by atoms with Crippen LogP contribution in [0.15, 0.2) is 24.3 Å². The van der Waals surface area contributed by atoms with Gasteiger partial charge in [-0.25, -0.2) is 0 Å². The Hall–Kier alpha value is -1.51. The highest BCUT2D eigenvalue weighted by atomic mass is 16.2. The maximum absolute atomic E-state index is 12.6. The van der Waals surface area contributed by atoms with Crippen molar-refractivity contribution in [1.29, 1.82) is 0 Å². The first-order chi connectivity index (χ1) is 9.51. The van der Waals surface area contributed by atoms with Crippen molar-refractivity contribution in [3.05, 3.63) is 29.8 Å². The number of unbranched alkanes of at least 4 members (excludes halogenated alkanes) is 1. The van der Waals surface area contributed by atoms with Gasteiger partial charge in [0.2, 0.25) is 5.91 Å². The number of anilines is 1. The van der Waals surface area contributed by atoms with Crippen LogP contribution in [0.2, 0.25) is 0 Å². The van der Waals surface area contributed by atoms with Crippen LogP contribution in [0.25, 0.3) is 0 Å². The van der Waals surface area contributed by atoms with E-state index >= 15 is 0 Å². The zero-order valence-electron chi connectivity index (χ0n) is 13.2. The van der Waals surface area contributed by atoms with Crippen molar-refractivity contribution in [3.63, 3.8) is 0 Å². The summed E-state index contributed by atoms with van der Waals surface area (Å²) < 4.78 is 0. The van der Waals surface area contributed by atoms with Gasteiger partial charge in [-0.15, -0.1) is 0 Å². The molecule has 0 aliphatic heterocycles. The van der Waals surface area contributed by atoms with E-state index in [0.717, 1.165) is 36.9 Å². The normalized spacial score (nSPS) is 13.8. The van der Waals surface area contributed by atoms with E-state index < -0.39 is 0 Å². The standard InChI is InChI=1S/C17H28N2O/c1-5-7-9-14(6-2)17(20)19(4)13(3)15-10-8-11-16(18)12-15/h8,10-14H,5-7,9,18H2,1-4H3. The van der Waals surface area contributed by atoms with Crippen molar-refractivity contribution in [1.82, 2.24) is 4.90 Å². The Morgan fingerprint density at radius 1 is 1.35 bits per heavy atom. The fourth-order valence-corrected chi connectivity index (χ4v) is 2.47. The summed E-state index contributed by atoms with van der Waals surface area (Å²) in [5.41, 5.74) is 7.65. The Morgan fingerprint density at radius 2 is 2.05 bits per heavy atom. The van der Waals surface area contributed by atoms with Crippen LogP contribution in [-0.4, -0.2) is 17.9 Å². The van der Waals surface area contributed by atoms with Crippen molar-refractivity contribution in [2.24, 2.45) is 5.92 Å². The number of hydrogen-bond donors (Lipinski definition) is 1. The molecule has 0 radical (unpaired) electrons. The number of nitrogen functional groups attached to an aromatic ring is 1. The van der Waals surface area contributed by atoms with E-state index in [1.807, 2.05) is 36.2 Å². The molecule has 1 aromatic rings. The molecule has 3 heteroatoms. The zero-order valence-corrected chi connectivity index (χ0v) is 13.2. The van der Waals surface area contributed by atoms with Gasteiger partial charge in [0.05, 0.1) is 6.04 Å². The average molecular weight is 276 g/mol. The van der Waals surface area contributed by atoms with E-state index in [2.05, 4.69) is 20.8 Å². The number of nitrogens with zero attached hydrogens (tertiary/aromatic N) is 1. The van der Waals surface area contributed by atoms with Gasteiger partial charge < -0.3 is 10.6 Å². The summed E-state index contributed by atoms with van der Waals surface area (Å²) in [4.78, 5) is 14.4. The number of hydrogen-bond acceptors (Lipinski definition) is 2. The molecule has 0 aliphatic carbocycles. The molecule has 3 nitrogen and oxygen atoms in total. The third-order valence-electron chi connectivity index (χ3n) is 4.07. The molecule has 0 aliphatic rings. The van der Waals surface area contributed by atoms with Crippen LogP contribution in [-0.2, 0) is 4.79 Å². The molecule has 2 N–H and O–H groups in total. The molecule has 112 valence electrons. The second kappa shape index (κ2) is 7.93. The Balaban J connectivity index is 2.76. The van der Waals surface area contributed by atoms with Crippen molar-refractivity contribution in [3.8, 4) is 0 Å². The van der Waals surface area contributed by atoms with Crippen molar-refractivity contribution in [2.45, 2.75) is 52.5 Å². The lowest BCUT2D eigenvalue weighted by atomic mass is 9.96. The molecule has 0 bridgehead atoms. The molecule has 0 fully saturated rings. The molecular weight excluding hydrogens is 248 g/mol. The van der Waals surface area contributed by atoms with E-state index in [-0.39, 0.29) is 17.9 Å². The average Bonchev–Trinajstić information content (AvgIpc) is 2.46. The minimum atomic E-state index is 0.0571. The summed E-state index contributed by atoms with van der Waals surface area (Å²) in [6, 6.07) is 7.84. The minimum Gasteiger partial charge on any atom is -0.399 e. The fraction of sp³-hybridized carbons (Fsp3) is 0.588. The Kier molecular flexibility index (Phi) is 6.56. The van der Waals surface area contributed by atoms with Crippen molar-refractivity contribution >= 4 is 11.6 Å². The van der Waals surface area contributed by atoms with Gasteiger partial charge >= 0.3 is 0 Å². The summed E-state index contributed by atoms with van der Waals surface area (Å²) >= 11 is 0. The zero-order chi connectivity index (χ0) is 15.1. The third-order valence-corrected chi connectivity index (χ3v) is 4.07. The minimum absolute atomic E-state index is 0.0571. The summed E-state index contributed by atoms with van der Waals surface area (Å²) in [5, 5.41) is 0. The number of carbonyl (C=O) groups is 1. The Labute approximate surface area is 123 Å². The molecule has 0 spiro atoms. The summed E-state index contributed by atoms with van der Waals surface area (Å²) in [6.07, 6.45) is 4.15. The lowest BCUT2D eigenvalue weighted by Crippen LogP contribution is -2.34. The number of carbonyl (C=O) groups excluding carboxylic acids is 1. The topological polar surface area (TPSA) is 46.3 Å². The lowest BCUT2D eigenvalue weighted by Gasteiger charge is -2.29. The smallest absolute Gasteiger partial charge is 0.225 e. The quantitative estimate of drug-likeness (QED) is 0.765. The van der Waals surface area contributed by atoms with Crippen LogP contribution in [0.4, 0.5) is 5.69 Å². The highest BCUT2D eigenvalue weighted by Gasteiger charge is 2.24. The molecular formula is C17H28N2O. The van der Waals surface area contributed by atoms with Gasteiger partial charge in [-0.1, -0.05) is 38.8 Å². The summed E-state index contributed by atoms with van der Waals surface area (Å²) in [6.45, 7) is 6.31. The van der Waals surface area contributed by atoms with Crippen molar-refractivity contribution in [2.75, 3.05) is 12.8 Å². The first-order valence-corrected chi connectivity index (χ1v) is 7.63. The van der Waals surface area contributed by atoms with Gasteiger partial charge in [-0.2, -0.15) is 0 Å². The molecule has 0 aromatic heterocycles. The van der Waals surface area contributed by atoms with Gasteiger partial charge in [0.15, 0.2) is 0 Å². The largest absolute Gasteiger partial charge is 0.399 e. The number of amides is 1. The molecule has 20 heavy (non-hydrogen) atoms. The van der Waals surface area contributed by atoms with Crippen LogP contribution in [0.1, 0.15) is 58.1 Å². The van der Waals surface area contributed by atoms with E-state index in [4.69, 9.17) is 5.73 Å². The van der Waals surface area contributed by atoms with Crippen molar-refractivity contribution < 1.29 is 4.79 Å². The molecule has 0 saturated heterocycles. The van der Waals surface area contributed by atoms with Gasteiger partial charge in [0.25, 0.3) is 0 Å². The molecule has 0 saturated carbocycles. The van der Waals surface area contributed by atoms with E-state index in [1.165, 1.54) is 0 Å². The molecule has 1 rings (SSSR count). The summed E-state index contributed by atoms with van der Waals surface area (Å²) in [5.74, 6) is 0.388. The molecule has 2 unspecified atom stereocenters. The predicted molar refractivity (Wildman–Crippen MR) is 85.3 cm³/mol. The molecule has 2 atom stereocenters. The SMILES string of the molecule is CCCCC(CC)C(=O)N(C)C(C)c1cccc(N)c1. The Morgan fingerprint density at radius 3 is 2.60 bits per heavy atom. The first-order valence-electron chi connectivity index (χ1n) is 7.63. The summed E-state index contributed by atoms with van der Waals surface area (Å²) in [7, 11) is 1.89. The highest BCUT2D eigenvalue weighted by molar-refractivity contribution is 5.79. The second-order valence-corrected chi connectivity index (χ2v) is 5.54. The molecule has 0 heterocycles. The number of rotatable bonds is 7. The van der Waals surface area contributed by atoms with Crippen LogP contribution in [0, 0.1) is 5.92 Å². The van der Waals surface area contributed by atoms with Gasteiger partial charge in [-0.3, -0.25) is 4.79 Å². The Bertz CT molecular complexity index is 431. The van der Waals surface area contributed by atoms with Gasteiger partial charge in [0.1, 0.15) is 0 Å². The monoisotopic (exact) mass is 276 g/mol. The first kappa shape index (κ1) is 16.5.